The monoisotopic (exact) mass is 608 g/mol. The van der Waals surface area contributed by atoms with Crippen LogP contribution in [0.25, 0.3) is 11.5 Å². The summed E-state index contributed by atoms with van der Waals surface area (Å²) in [5.74, 6) is 2.31. The molecule has 1 aromatic carbocycles. The second kappa shape index (κ2) is 11.5. The molecule has 3 N–H and O–H groups in total. The molecule has 0 spiro atoms. The van der Waals surface area contributed by atoms with Gasteiger partial charge in [0, 0.05) is 24.2 Å². The Morgan fingerprint density at radius 3 is 2.47 bits per heavy atom. The van der Waals surface area contributed by atoms with E-state index >= 15 is 0 Å². The number of hydrogen-bond donors (Lipinski definition) is 3. The van der Waals surface area contributed by atoms with E-state index < -0.39 is 5.54 Å². The molecule has 7 heterocycles. The number of nitrogens with one attached hydrogen (secondary N) is 2. The van der Waals surface area contributed by atoms with Crippen molar-refractivity contribution in [3.05, 3.63) is 77.4 Å². The number of piperidine rings is 3. The molecule has 1 atom stereocenters. The van der Waals surface area contributed by atoms with Crippen molar-refractivity contribution in [2.24, 2.45) is 0 Å². The fraction of sp³-hybridized carbons (Fsp3) is 0.441. The van der Waals surface area contributed by atoms with Crippen molar-refractivity contribution in [1.82, 2.24) is 29.9 Å². The number of carbonyl (C=O) groups excluding carboxylic acids is 1. The Balaban J connectivity index is 1.22. The van der Waals surface area contributed by atoms with Crippen LogP contribution < -0.4 is 10.6 Å². The standard InChI is InChI=1S/C34H40N8O3/c1-4-15-42-31(44)23-10-11-27(38-29(23)33(42,2)3)37-28-19-25(36-26(21-43)22-8-6-5-7-9-22)24(20-35-28)30-39-32(40-45-30)34-12-16-41(17-13-34)18-14-34/h5-11,19-20,26,43H,4,12-18,21H2,1-3H3,(H2,35,36,37,38)/t26-/m1/s1. The van der Waals surface area contributed by atoms with Gasteiger partial charge in [-0.3, -0.25) is 4.79 Å². The van der Waals surface area contributed by atoms with Crippen molar-refractivity contribution in [2.45, 2.75) is 63.5 Å². The lowest BCUT2D eigenvalue weighted by Crippen LogP contribution is -2.51. The molecule has 0 radical (unpaired) electrons. The second-order valence-electron chi connectivity index (χ2n) is 12.9. The van der Waals surface area contributed by atoms with Crippen molar-refractivity contribution in [2.75, 3.05) is 43.4 Å². The van der Waals surface area contributed by atoms with Gasteiger partial charge in [-0.25, -0.2) is 9.97 Å². The lowest BCUT2D eigenvalue weighted by Gasteiger charge is -2.46. The van der Waals surface area contributed by atoms with E-state index in [9.17, 15) is 9.90 Å². The maximum Gasteiger partial charge on any atom is 0.261 e. The molecule has 0 unspecified atom stereocenters. The highest BCUT2D eigenvalue weighted by molar-refractivity contribution is 5.99. The number of hydrogen-bond acceptors (Lipinski definition) is 10. The van der Waals surface area contributed by atoms with Crippen LogP contribution in [0.3, 0.4) is 0 Å². The molecule has 4 aliphatic heterocycles. The van der Waals surface area contributed by atoms with Crippen LogP contribution in [-0.4, -0.2) is 73.7 Å². The molecule has 4 aromatic rings. The number of aromatic nitrogens is 4. The lowest BCUT2D eigenvalue weighted by molar-refractivity contribution is 0.0615. The zero-order chi connectivity index (χ0) is 31.2. The van der Waals surface area contributed by atoms with Gasteiger partial charge in [-0.2, -0.15) is 4.98 Å². The molecule has 11 nitrogen and oxygen atoms in total. The average molecular weight is 609 g/mol. The number of nitrogens with zero attached hydrogens (tertiary/aromatic N) is 6. The lowest BCUT2D eigenvalue weighted by atomic mass is 9.71. The first kappa shape index (κ1) is 29.4. The molecule has 3 fully saturated rings. The molecule has 2 bridgehead atoms. The predicted molar refractivity (Wildman–Crippen MR) is 171 cm³/mol. The van der Waals surface area contributed by atoms with Gasteiger partial charge < -0.3 is 30.1 Å². The fourth-order valence-electron chi connectivity index (χ4n) is 7.06. The van der Waals surface area contributed by atoms with Gasteiger partial charge in [0.1, 0.15) is 11.6 Å². The minimum Gasteiger partial charge on any atom is -0.394 e. The van der Waals surface area contributed by atoms with Crippen LogP contribution in [0.2, 0.25) is 0 Å². The Morgan fingerprint density at radius 1 is 1.00 bits per heavy atom. The quantitative estimate of drug-likeness (QED) is 0.219. The van der Waals surface area contributed by atoms with Gasteiger partial charge in [-0.15, -0.1) is 0 Å². The zero-order valence-electron chi connectivity index (χ0n) is 26.1. The fourth-order valence-corrected chi connectivity index (χ4v) is 7.06. The van der Waals surface area contributed by atoms with E-state index in [-0.39, 0.29) is 24.0 Å². The van der Waals surface area contributed by atoms with E-state index in [2.05, 4.69) is 27.6 Å². The topological polar surface area (TPSA) is 133 Å². The van der Waals surface area contributed by atoms with Gasteiger partial charge in [0.05, 0.1) is 40.7 Å². The zero-order valence-corrected chi connectivity index (χ0v) is 26.1. The van der Waals surface area contributed by atoms with Crippen LogP contribution in [0.4, 0.5) is 17.3 Å². The molecule has 8 rings (SSSR count). The van der Waals surface area contributed by atoms with Crippen molar-refractivity contribution >= 4 is 23.2 Å². The third kappa shape index (κ3) is 5.23. The van der Waals surface area contributed by atoms with Gasteiger partial charge >= 0.3 is 0 Å². The van der Waals surface area contributed by atoms with E-state index in [4.69, 9.17) is 19.5 Å². The third-order valence-corrected chi connectivity index (χ3v) is 9.80. The van der Waals surface area contributed by atoms with Gasteiger partial charge in [-0.1, -0.05) is 42.4 Å². The summed E-state index contributed by atoms with van der Waals surface area (Å²) in [6.07, 6.45) is 5.69. The number of pyridine rings is 2. The summed E-state index contributed by atoms with van der Waals surface area (Å²) in [5.41, 5.74) is 3.11. The molecule has 0 saturated carbocycles. The highest BCUT2D eigenvalue weighted by Crippen LogP contribution is 2.43. The first-order valence-electron chi connectivity index (χ1n) is 15.9. The molecule has 3 saturated heterocycles. The van der Waals surface area contributed by atoms with Crippen LogP contribution in [0.5, 0.6) is 0 Å². The van der Waals surface area contributed by atoms with Crippen molar-refractivity contribution in [1.29, 1.82) is 0 Å². The first-order chi connectivity index (χ1) is 21.8. The normalized spacial score (nSPS) is 22.4. The maximum absolute atomic E-state index is 13.1. The number of anilines is 3. The first-order valence-corrected chi connectivity index (χ1v) is 15.9. The van der Waals surface area contributed by atoms with Gasteiger partial charge in [0.15, 0.2) is 5.82 Å². The minimum absolute atomic E-state index is 0.0121. The molecule has 3 aromatic heterocycles. The van der Waals surface area contributed by atoms with Gasteiger partial charge in [-0.05, 0) is 76.9 Å². The number of amides is 1. The third-order valence-electron chi connectivity index (χ3n) is 9.80. The number of benzene rings is 1. The number of carbonyl (C=O) groups is 1. The summed E-state index contributed by atoms with van der Waals surface area (Å²) in [5, 5.41) is 21.7. The van der Waals surface area contributed by atoms with E-state index in [1.54, 1.807) is 6.20 Å². The number of aliphatic hydroxyl groups excluding tert-OH is 1. The van der Waals surface area contributed by atoms with E-state index in [0.717, 1.165) is 62.4 Å². The molecular weight excluding hydrogens is 568 g/mol. The summed E-state index contributed by atoms with van der Waals surface area (Å²) < 4.78 is 5.89. The van der Waals surface area contributed by atoms with Crippen LogP contribution in [0, 0.1) is 0 Å². The van der Waals surface area contributed by atoms with Crippen LogP contribution in [-0.2, 0) is 11.0 Å². The van der Waals surface area contributed by atoms with Gasteiger partial charge in [0.2, 0.25) is 0 Å². The number of fused-ring (bicyclic) bond motifs is 4. The molecule has 1 amide bonds. The average Bonchev–Trinajstić information content (AvgIpc) is 3.64. The summed E-state index contributed by atoms with van der Waals surface area (Å²) in [6.45, 7) is 9.88. The number of rotatable bonds is 10. The summed E-state index contributed by atoms with van der Waals surface area (Å²) in [7, 11) is 0. The van der Waals surface area contributed by atoms with Crippen LogP contribution in [0.15, 0.2) is 59.3 Å². The minimum atomic E-state index is -0.516. The summed E-state index contributed by atoms with van der Waals surface area (Å²) in [4.78, 5) is 32.0. The Labute approximate surface area is 263 Å². The Hall–Kier alpha value is -4.35. The van der Waals surface area contributed by atoms with E-state index in [1.807, 2.05) is 67.3 Å². The highest BCUT2D eigenvalue weighted by atomic mass is 16.5. The predicted octanol–water partition coefficient (Wildman–Crippen LogP) is 5.25. The van der Waals surface area contributed by atoms with Crippen molar-refractivity contribution in [3.63, 3.8) is 0 Å². The van der Waals surface area contributed by atoms with E-state index in [1.165, 1.54) is 0 Å². The summed E-state index contributed by atoms with van der Waals surface area (Å²) >= 11 is 0. The second-order valence-corrected chi connectivity index (χ2v) is 12.9. The summed E-state index contributed by atoms with van der Waals surface area (Å²) in [6, 6.07) is 15.0. The largest absolute Gasteiger partial charge is 0.394 e. The van der Waals surface area contributed by atoms with Gasteiger partial charge in [0.25, 0.3) is 11.8 Å². The molecule has 4 aliphatic rings. The van der Waals surface area contributed by atoms with E-state index in [0.29, 0.717) is 40.9 Å². The van der Waals surface area contributed by atoms with Crippen LogP contribution >= 0.6 is 0 Å². The Morgan fingerprint density at radius 2 is 1.76 bits per heavy atom. The molecule has 234 valence electrons. The number of aliphatic hydroxyl groups is 1. The Bertz CT molecular complexity index is 1680. The molecule has 0 aliphatic carbocycles. The van der Waals surface area contributed by atoms with Crippen molar-refractivity contribution in [3.8, 4) is 11.5 Å². The SMILES string of the molecule is CCCN1C(=O)c2ccc(Nc3cc(N[C@H](CO)c4ccccc4)c(-c4nc(C56CCN(CC5)CC6)no4)cn3)nc2C1(C)C. The molecule has 11 heteroatoms. The Kier molecular flexibility index (Phi) is 7.53. The molecular formula is C34H40N8O3. The van der Waals surface area contributed by atoms with Crippen LogP contribution in [0.1, 0.15) is 79.9 Å². The maximum atomic E-state index is 13.1. The highest BCUT2D eigenvalue weighted by Gasteiger charge is 2.45. The molecule has 45 heavy (non-hydrogen) atoms. The van der Waals surface area contributed by atoms with Crippen molar-refractivity contribution < 1.29 is 14.4 Å². The smallest absolute Gasteiger partial charge is 0.261 e.